The monoisotopic (exact) mass is 449 g/mol. The second-order valence-corrected chi connectivity index (χ2v) is 9.09. The molecule has 0 aliphatic heterocycles. The van der Waals surface area contributed by atoms with Gasteiger partial charge in [-0.05, 0) is 48.2 Å². The van der Waals surface area contributed by atoms with Gasteiger partial charge in [0.05, 0.1) is 17.9 Å². The molecule has 1 fully saturated rings. The Balaban J connectivity index is 1.47. The molecule has 1 N–H and O–H groups in total. The molecule has 0 spiro atoms. The maximum absolute atomic E-state index is 12.9. The molecule has 2 aromatic heterocycles. The van der Waals surface area contributed by atoms with Crippen LogP contribution in [0.2, 0.25) is 0 Å². The highest BCUT2D eigenvalue weighted by Crippen LogP contribution is 2.36. The van der Waals surface area contributed by atoms with Crippen LogP contribution >= 0.6 is 11.8 Å². The lowest BCUT2D eigenvalue weighted by Gasteiger charge is -2.27. The van der Waals surface area contributed by atoms with E-state index in [-0.39, 0.29) is 11.7 Å². The van der Waals surface area contributed by atoms with Crippen LogP contribution in [0.15, 0.2) is 35.5 Å². The molecule has 1 amide bonds. The molecular weight excluding hydrogens is 422 g/mol. The number of thioether (sulfide) groups is 1. The Morgan fingerprint density at radius 1 is 1.22 bits per heavy atom. The number of nitrogens with one attached hydrogen (secondary N) is 1. The lowest BCUT2D eigenvalue weighted by molar-refractivity contribution is -0.113. The van der Waals surface area contributed by atoms with Gasteiger partial charge in [-0.3, -0.25) is 4.79 Å². The fourth-order valence-electron chi connectivity index (χ4n) is 4.34. The molecule has 0 unspecified atom stereocenters. The highest BCUT2D eigenvalue weighted by molar-refractivity contribution is 7.99. The van der Waals surface area contributed by atoms with Crippen molar-refractivity contribution < 1.29 is 4.79 Å². The maximum Gasteiger partial charge on any atom is 0.235 e. The number of tetrazole rings is 1. The number of carbonyl (C=O) groups is 1. The van der Waals surface area contributed by atoms with Crippen LogP contribution in [0.1, 0.15) is 60.5 Å². The van der Waals surface area contributed by atoms with Gasteiger partial charge in [0.15, 0.2) is 0 Å². The van der Waals surface area contributed by atoms with Gasteiger partial charge in [-0.15, -0.1) is 5.10 Å². The minimum Gasteiger partial charge on any atom is -0.327 e. The average molecular weight is 450 g/mol. The van der Waals surface area contributed by atoms with Crippen LogP contribution in [0, 0.1) is 25.2 Å². The first-order chi connectivity index (χ1) is 15.6. The standard InChI is InChI=1S/C23H27N7OS/c1-16-17(2)30(19-11-7-4-8-12-19)22(20(16)13-24)25-21(31)15-32-23-26-27-28-29(23)14-18-9-5-3-6-10-18/h3,5-6,9-10,19H,4,7-8,11-12,14-15H2,1-2H3,(H,25,31). The molecule has 8 nitrogen and oxygen atoms in total. The molecule has 9 heteroatoms. The Labute approximate surface area is 192 Å². The van der Waals surface area contributed by atoms with E-state index in [1.165, 1.54) is 31.0 Å². The van der Waals surface area contributed by atoms with E-state index in [0.29, 0.717) is 29.1 Å². The zero-order valence-electron chi connectivity index (χ0n) is 18.4. The van der Waals surface area contributed by atoms with E-state index in [1.807, 2.05) is 44.2 Å². The number of benzene rings is 1. The van der Waals surface area contributed by atoms with Gasteiger partial charge in [-0.1, -0.05) is 61.4 Å². The topological polar surface area (TPSA) is 101 Å². The third-order valence-corrected chi connectivity index (χ3v) is 7.03. The highest BCUT2D eigenvalue weighted by atomic mass is 32.2. The Morgan fingerprint density at radius 2 is 1.97 bits per heavy atom. The van der Waals surface area contributed by atoms with Gasteiger partial charge in [0.2, 0.25) is 11.1 Å². The predicted octanol–water partition coefficient (Wildman–Crippen LogP) is 4.25. The normalized spacial score (nSPS) is 14.3. The molecule has 4 rings (SSSR count). The van der Waals surface area contributed by atoms with Gasteiger partial charge in [-0.2, -0.15) is 5.26 Å². The van der Waals surface area contributed by atoms with Crippen LogP contribution in [0.5, 0.6) is 0 Å². The first kappa shape index (κ1) is 22.1. The largest absolute Gasteiger partial charge is 0.327 e. The van der Waals surface area contributed by atoms with E-state index in [0.717, 1.165) is 29.7 Å². The van der Waals surface area contributed by atoms with E-state index in [1.54, 1.807) is 4.68 Å². The minimum atomic E-state index is -0.171. The Morgan fingerprint density at radius 3 is 2.69 bits per heavy atom. The Kier molecular flexibility index (Phi) is 6.90. The molecule has 1 aliphatic carbocycles. The number of carbonyl (C=O) groups excluding carboxylic acids is 1. The fourth-order valence-corrected chi connectivity index (χ4v) is 5.01. The van der Waals surface area contributed by atoms with E-state index < -0.39 is 0 Å². The third-order valence-electron chi connectivity index (χ3n) is 6.07. The molecule has 0 bridgehead atoms. The first-order valence-electron chi connectivity index (χ1n) is 10.9. The number of aromatic nitrogens is 5. The van der Waals surface area contributed by atoms with Crippen molar-refractivity contribution in [2.24, 2.45) is 0 Å². The quantitative estimate of drug-likeness (QED) is 0.541. The first-order valence-corrected chi connectivity index (χ1v) is 11.9. The molecule has 32 heavy (non-hydrogen) atoms. The summed E-state index contributed by atoms with van der Waals surface area (Å²) in [7, 11) is 0. The van der Waals surface area contributed by atoms with E-state index in [2.05, 4.69) is 31.5 Å². The number of nitrogens with zero attached hydrogens (tertiary/aromatic N) is 6. The van der Waals surface area contributed by atoms with Crippen LogP contribution < -0.4 is 5.32 Å². The molecule has 1 saturated carbocycles. The smallest absolute Gasteiger partial charge is 0.235 e. The molecule has 0 atom stereocenters. The summed E-state index contributed by atoms with van der Waals surface area (Å²) in [6.07, 6.45) is 5.75. The number of nitriles is 1. The molecule has 0 saturated heterocycles. The molecule has 1 aliphatic rings. The fraction of sp³-hybridized carbons (Fsp3) is 0.435. The molecule has 2 heterocycles. The summed E-state index contributed by atoms with van der Waals surface area (Å²) in [5.74, 6) is 0.618. The van der Waals surface area contributed by atoms with Crippen molar-refractivity contribution in [1.82, 2.24) is 24.8 Å². The van der Waals surface area contributed by atoms with Crippen LogP contribution in [-0.4, -0.2) is 36.4 Å². The van der Waals surface area contributed by atoms with Crippen molar-refractivity contribution >= 4 is 23.5 Å². The minimum absolute atomic E-state index is 0.161. The lowest BCUT2D eigenvalue weighted by atomic mass is 9.95. The van der Waals surface area contributed by atoms with Crippen LogP contribution in [0.25, 0.3) is 0 Å². The zero-order valence-corrected chi connectivity index (χ0v) is 19.2. The van der Waals surface area contributed by atoms with Crippen molar-refractivity contribution in [3.63, 3.8) is 0 Å². The van der Waals surface area contributed by atoms with Crippen LogP contribution in [-0.2, 0) is 11.3 Å². The SMILES string of the molecule is Cc1c(C#N)c(NC(=O)CSc2nnnn2Cc2ccccc2)n(C2CCCCC2)c1C. The summed E-state index contributed by atoms with van der Waals surface area (Å²) < 4.78 is 3.86. The van der Waals surface area contributed by atoms with Crippen molar-refractivity contribution in [1.29, 1.82) is 5.26 Å². The van der Waals surface area contributed by atoms with Gasteiger partial charge >= 0.3 is 0 Å². The Bertz CT molecular complexity index is 1120. The third kappa shape index (κ3) is 4.70. The van der Waals surface area contributed by atoms with E-state index in [9.17, 15) is 10.1 Å². The van der Waals surface area contributed by atoms with E-state index in [4.69, 9.17) is 0 Å². The number of hydrogen-bond donors (Lipinski definition) is 1. The average Bonchev–Trinajstić information content (AvgIpc) is 3.35. The Hall–Kier alpha value is -3.12. The molecule has 166 valence electrons. The molecule has 3 aromatic rings. The van der Waals surface area contributed by atoms with Crippen molar-refractivity contribution in [3.05, 3.63) is 52.7 Å². The number of anilines is 1. The summed E-state index contributed by atoms with van der Waals surface area (Å²) in [5.41, 5.74) is 3.64. The van der Waals surface area contributed by atoms with Gasteiger partial charge in [0, 0.05) is 11.7 Å². The highest BCUT2D eigenvalue weighted by Gasteiger charge is 2.26. The maximum atomic E-state index is 12.9. The van der Waals surface area contributed by atoms with Gasteiger partial charge < -0.3 is 9.88 Å². The van der Waals surface area contributed by atoms with Gasteiger partial charge in [-0.25, -0.2) is 4.68 Å². The van der Waals surface area contributed by atoms with Crippen molar-refractivity contribution in [2.45, 2.75) is 63.7 Å². The second kappa shape index (κ2) is 10.0. The lowest BCUT2D eigenvalue weighted by Crippen LogP contribution is -2.22. The summed E-state index contributed by atoms with van der Waals surface area (Å²) in [6.45, 7) is 4.53. The molecule has 1 aromatic carbocycles. The summed E-state index contributed by atoms with van der Waals surface area (Å²) in [4.78, 5) is 12.9. The summed E-state index contributed by atoms with van der Waals surface area (Å²) >= 11 is 1.29. The number of rotatable bonds is 7. The van der Waals surface area contributed by atoms with E-state index >= 15 is 0 Å². The molecule has 0 radical (unpaired) electrons. The van der Waals surface area contributed by atoms with Gasteiger partial charge in [0.1, 0.15) is 11.9 Å². The van der Waals surface area contributed by atoms with Crippen molar-refractivity contribution in [3.8, 4) is 6.07 Å². The number of amides is 1. The predicted molar refractivity (Wildman–Crippen MR) is 123 cm³/mol. The van der Waals surface area contributed by atoms with Crippen molar-refractivity contribution in [2.75, 3.05) is 11.1 Å². The second-order valence-electron chi connectivity index (χ2n) is 8.15. The zero-order chi connectivity index (χ0) is 22.5. The summed E-state index contributed by atoms with van der Waals surface area (Å²) in [5, 5.41) is 25.2. The molecular formula is C23H27N7OS. The summed E-state index contributed by atoms with van der Waals surface area (Å²) in [6, 6.07) is 12.5. The number of hydrogen-bond acceptors (Lipinski definition) is 6. The van der Waals surface area contributed by atoms with Crippen LogP contribution in [0.4, 0.5) is 5.82 Å². The van der Waals surface area contributed by atoms with Crippen LogP contribution in [0.3, 0.4) is 0 Å². The van der Waals surface area contributed by atoms with Gasteiger partial charge in [0.25, 0.3) is 0 Å².